The van der Waals surface area contributed by atoms with Crippen LogP contribution < -0.4 is 16.4 Å². The number of nitrogens with zero attached hydrogens (tertiary/aromatic N) is 2. The number of benzene rings is 1. The molecule has 0 spiro atoms. The summed E-state index contributed by atoms with van der Waals surface area (Å²) in [6, 6.07) is 5.46. The van der Waals surface area contributed by atoms with E-state index in [4.69, 9.17) is 10.5 Å². The first kappa shape index (κ1) is 20.4. The van der Waals surface area contributed by atoms with Gasteiger partial charge in [0.05, 0.1) is 31.1 Å². The Bertz CT molecular complexity index is 1130. The van der Waals surface area contributed by atoms with E-state index in [9.17, 15) is 14.4 Å². The molecule has 2 aromatic rings. The Balaban J connectivity index is 1.40. The minimum Gasteiger partial charge on any atom is -0.383 e. The first-order valence-corrected chi connectivity index (χ1v) is 10.8. The smallest absolute Gasteiger partial charge is 0.313 e. The van der Waals surface area contributed by atoms with E-state index in [0.29, 0.717) is 43.4 Å². The molecule has 2 unspecified atom stereocenters. The number of amides is 3. The predicted molar refractivity (Wildman–Crippen MR) is 116 cm³/mol. The molecule has 1 saturated heterocycles. The highest BCUT2D eigenvalue weighted by Crippen LogP contribution is 2.35. The topological polar surface area (TPSA) is 127 Å². The number of anilines is 2. The molecule has 1 aromatic carbocycles. The van der Waals surface area contributed by atoms with E-state index in [1.165, 1.54) is 6.20 Å². The molecule has 3 aliphatic heterocycles. The number of piperidine rings is 1. The normalized spacial score (nSPS) is 21.7. The third-order valence-corrected chi connectivity index (χ3v) is 6.55. The molecular formula is C23H25N5O4. The molecule has 3 aliphatic rings. The molecule has 9 nitrogen and oxygen atoms in total. The largest absolute Gasteiger partial charge is 0.383 e. The zero-order chi connectivity index (χ0) is 22.4. The maximum atomic E-state index is 13.3. The zero-order valence-corrected chi connectivity index (χ0v) is 17.8. The lowest BCUT2D eigenvalue weighted by molar-refractivity contribution is -0.146. The van der Waals surface area contributed by atoms with Gasteiger partial charge in [-0.1, -0.05) is 19.1 Å². The van der Waals surface area contributed by atoms with E-state index in [1.54, 1.807) is 4.90 Å². The summed E-state index contributed by atoms with van der Waals surface area (Å²) < 4.78 is 5.43. The molecule has 4 heterocycles. The van der Waals surface area contributed by atoms with Crippen LogP contribution in [0.5, 0.6) is 0 Å². The highest BCUT2D eigenvalue weighted by molar-refractivity contribution is 6.39. The molecule has 2 atom stereocenters. The Morgan fingerprint density at radius 3 is 2.91 bits per heavy atom. The number of aromatic nitrogens is 1. The SMILES string of the molecule is CC1CCC(c2ccc3c(c2)C(=O)NC3)N(C(=O)C(=O)Nc2cnc(N)c3c2COC3)C1. The van der Waals surface area contributed by atoms with Gasteiger partial charge in [-0.25, -0.2) is 4.98 Å². The lowest BCUT2D eigenvalue weighted by Gasteiger charge is -2.38. The van der Waals surface area contributed by atoms with E-state index < -0.39 is 11.8 Å². The number of nitrogens with two attached hydrogens (primary N) is 1. The van der Waals surface area contributed by atoms with Crippen LogP contribution in [-0.2, 0) is 34.1 Å². The monoisotopic (exact) mass is 435 g/mol. The minimum absolute atomic E-state index is 0.103. The molecule has 5 rings (SSSR count). The maximum Gasteiger partial charge on any atom is 0.313 e. The van der Waals surface area contributed by atoms with Gasteiger partial charge in [0.2, 0.25) is 0 Å². The molecule has 4 N–H and O–H groups in total. The van der Waals surface area contributed by atoms with Crippen LogP contribution in [0.2, 0.25) is 0 Å². The van der Waals surface area contributed by atoms with Crippen LogP contribution in [0.25, 0.3) is 0 Å². The molecule has 1 fully saturated rings. The van der Waals surface area contributed by atoms with E-state index in [-0.39, 0.29) is 17.9 Å². The number of ether oxygens (including phenoxy) is 1. The van der Waals surface area contributed by atoms with Gasteiger partial charge in [-0.15, -0.1) is 0 Å². The van der Waals surface area contributed by atoms with Crippen molar-refractivity contribution in [2.24, 2.45) is 5.92 Å². The highest BCUT2D eigenvalue weighted by Gasteiger charge is 2.35. The van der Waals surface area contributed by atoms with Crippen molar-refractivity contribution in [2.45, 2.75) is 45.6 Å². The van der Waals surface area contributed by atoms with Crippen molar-refractivity contribution in [2.75, 3.05) is 17.6 Å². The summed E-state index contributed by atoms with van der Waals surface area (Å²) >= 11 is 0. The number of pyridine rings is 1. The van der Waals surface area contributed by atoms with Crippen LogP contribution in [-0.4, -0.2) is 34.2 Å². The Kier molecular flexibility index (Phi) is 5.05. The molecule has 0 aliphatic carbocycles. The fourth-order valence-corrected chi connectivity index (χ4v) is 4.76. The van der Waals surface area contributed by atoms with Crippen molar-refractivity contribution in [1.82, 2.24) is 15.2 Å². The summed E-state index contributed by atoms with van der Waals surface area (Å²) in [7, 11) is 0. The number of carbonyl (C=O) groups excluding carboxylic acids is 3. The number of nitrogens with one attached hydrogen (secondary N) is 2. The number of rotatable bonds is 2. The molecular weight excluding hydrogens is 410 g/mol. The number of hydrogen-bond acceptors (Lipinski definition) is 6. The Morgan fingerprint density at radius 1 is 1.25 bits per heavy atom. The quantitative estimate of drug-likeness (QED) is 0.618. The zero-order valence-electron chi connectivity index (χ0n) is 17.8. The van der Waals surface area contributed by atoms with Gasteiger partial charge in [0, 0.05) is 29.8 Å². The molecule has 0 bridgehead atoms. The number of fused-ring (bicyclic) bond motifs is 2. The van der Waals surface area contributed by atoms with E-state index in [0.717, 1.165) is 35.1 Å². The highest BCUT2D eigenvalue weighted by atomic mass is 16.5. The third kappa shape index (κ3) is 3.48. The molecule has 9 heteroatoms. The summed E-state index contributed by atoms with van der Waals surface area (Å²) in [5.41, 5.74) is 10.3. The van der Waals surface area contributed by atoms with Crippen molar-refractivity contribution in [3.8, 4) is 0 Å². The van der Waals surface area contributed by atoms with Gasteiger partial charge in [-0.05, 0) is 36.0 Å². The van der Waals surface area contributed by atoms with Crippen molar-refractivity contribution in [1.29, 1.82) is 0 Å². The number of hydrogen-bond donors (Lipinski definition) is 3. The van der Waals surface area contributed by atoms with E-state index in [1.807, 2.05) is 18.2 Å². The van der Waals surface area contributed by atoms with Gasteiger partial charge < -0.3 is 26.0 Å². The maximum absolute atomic E-state index is 13.3. The Hall–Kier alpha value is -3.46. The molecule has 166 valence electrons. The van der Waals surface area contributed by atoms with Gasteiger partial charge in [0.15, 0.2) is 0 Å². The predicted octanol–water partition coefficient (Wildman–Crippen LogP) is 1.88. The van der Waals surface area contributed by atoms with Crippen molar-refractivity contribution < 1.29 is 19.1 Å². The summed E-state index contributed by atoms with van der Waals surface area (Å²) in [5, 5.41) is 5.53. The second kappa shape index (κ2) is 7.90. The van der Waals surface area contributed by atoms with Gasteiger partial charge in [0.1, 0.15) is 5.82 Å². The van der Waals surface area contributed by atoms with Crippen LogP contribution in [0, 0.1) is 5.92 Å². The van der Waals surface area contributed by atoms with E-state index >= 15 is 0 Å². The molecule has 3 amide bonds. The fraction of sp³-hybridized carbons (Fsp3) is 0.391. The standard InChI is InChI=1S/C23H25N5O4/c1-12-2-5-19(13-3-4-14-7-26-21(29)15(14)6-13)28(9-12)23(31)22(30)27-18-8-25-20(24)17-11-32-10-16(17)18/h3-4,6,8,12,19H,2,5,7,9-11H2,1H3,(H2,24,25)(H,26,29)(H,27,30). The fourth-order valence-electron chi connectivity index (χ4n) is 4.76. The van der Waals surface area contributed by atoms with Gasteiger partial charge in [-0.3, -0.25) is 14.4 Å². The molecule has 1 aromatic heterocycles. The summed E-state index contributed by atoms with van der Waals surface area (Å²) in [6.45, 7) is 3.71. The van der Waals surface area contributed by atoms with E-state index in [2.05, 4.69) is 22.5 Å². The van der Waals surface area contributed by atoms with Gasteiger partial charge in [-0.2, -0.15) is 0 Å². The summed E-state index contributed by atoms with van der Waals surface area (Å²) in [6.07, 6.45) is 3.13. The Labute approximate surface area is 185 Å². The van der Waals surface area contributed by atoms with Gasteiger partial charge >= 0.3 is 11.8 Å². The van der Waals surface area contributed by atoms with Crippen LogP contribution in [0.1, 0.15) is 58.4 Å². The second-order valence-electron chi connectivity index (χ2n) is 8.72. The van der Waals surface area contributed by atoms with Crippen LogP contribution >= 0.6 is 0 Å². The minimum atomic E-state index is -0.719. The molecule has 0 radical (unpaired) electrons. The van der Waals surface area contributed by atoms with Crippen LogP contribution in [0.15, 0.2) is 24.4 Å². The number of nitrogen functional groups attached to an aromatic ring is 1. The van der Waals surface area contributed by atoms with Crippen molar-refractivity contribution in [3.63, 3.8) is 0 Å². The van der Waals surface area contributed by atoms with Gasteiger partial charge in [0.25, 0.3) is 5.91 Å². The molecule has 0 saturated carbocycles. The van der Waals surface area contributed by atoms with Crippen molar-refractivity contribution in [3.05, 3.63) is 52.2 Å². The molecule has 32 heavy (non-hydrogen) atoms. The lowest BCUT2D eigenvalue weighted by atomic mass is 9.88. The summed E-state index contributed by atoms with van der Waals surface area (Å²) in [4.78, 5) is 44.1. The third-order valence-electron chi connectivity index (χ3n) is 6.55. The average Bonchev–Trinajstić information content (AvgIpc) is 3.43. The number of carbonyl (C=O) groups is 3. The van der Waals surface area contributed by atoms with Crippen LogP contribution in [0.3, 0.4) is 0 Å². The first-order valence-electron chi connectivity index (χ1n) is 10.8. The average molecular weight is 435 g/mol. The first-order chi connectivity index (χ1) is 15.4. The van der Waals surface area contributed by atoms with Crippen LogP contribution in [0.4, 0.5) is 11.5 Å². The lowest BCUT2D eigenvalue weighted by Crippen LogP contribution is -2.46. The number of likely N-dealkylation sites (tertiary alicyclic amines) is 1. The van der Waals surface area contributed by atoms with Crippen molar-refractivity contribution >= 4 is 29.2 Å². The summed E-state index contributed by atoms with van der Waals surface area (Å²) in [5.74, 6) is -0.780. The Morgan fingerprint density at radius 2 is 2.06 bits per heavy atom. The second-order valence-corrected chi connectivity index (χ2v) is 8.72.